The normalized spacial score (nSPS) is 12.5. The molecule has 20 heavy (non-hydrogen) atoms. The number of pyridine rings is 1. The van der Waals surface area contributed by atoms with Crippen molar-refractivity contribution < 1.29 is 4.21 Å². The summed E-state index contributed by atoms with van der Waals surface area (Å²) in [7, 11) is -1.19. The Morgan fingerprint density at radius 1 is 0.950 bits per heavy atom. The molecule has 0 saturated heterocycles. The molecule has 0 radical (unpaired) electrons. The maximum absolute atomic E-state index is 12.7. The first-order chi connectivity index (χ1) is 9.66. The second kappa shape index (κ2) is 5.17. The summed E-state index contributed by atoms with van der Waals surface area (Å²) in [6.07, 6.45) is 1.73. The average Bonchev–Trinajstić information content (AvgIpc) is 2.48. The van der Waals surface area contributed by atoms with E-state index in [0.29, 0.717) is 0 Å². The van der Waals surface area contributed by atoms with Gasteiger partial charge in [-0.25, -0.2) is 4.21 Å². The van der Waals surface area contributed by atoms with Crippen LogP contribution in [-0.4, -0.2) is 9.19 Å². The fourth-order valence-electron chi connectivity index (χ4n) is 2.24. The van der Waals surface area contributed by atoms with Crippen LogP contribution >= 0.6 is 0 Å². The van der Waals surface area contributed by atoms with Crippen molar-refractivity contribution in [3.63, 3.8) is 0 Å². The van der Waals surface area contributed by atoms with Crippen LogP contribution in [0.4, 0.5) is 0 Å². The Hall–Kier alpha value is -2.00. The van der Waals surface area contributed by atoms with Crippen LogP contribution in [0.2, 0.25) is 0 Å². The lowest BCUT2D eigenvalue weighted by atomic mass is 10.1. The van der Waals surface area contributed by atoms with Crippen molar-refractivity contribution in [3.05, 3.63) is 65.9 Å². The molecule has 2 aromatic carbocycles. The molecule has 100 valence electrons. The molecule has 0 aliphatic carbocycles. The van der Waals surface area contributed by atoms with Gasteiger partial charge in [0.15, 0.2) is 0 Å². The lowest BCUT2D eigenvalue weighted by Crippen LogP contribution is -1.98. The highest BCUT2D eigenvalue weighted by molar-refractivity contribution is 7.85. The predicted molar refractivity (Wildman–Crippen MR) is 82.3 cm³/mol. The first-order valence-corrected chi connectivity index (χ1v) is 7.64. The van der Waals surface area contributed by atoms with Gasteiger partial charge in [-0.05, 0) is 37.6 Å². The van der Waals surface area contributed by atoms with E-state index < -0.39 is 10.8 Å². The van der Waals surface area contributed by atoms with Crippen LogP contribution in [0.15, 0.2) is 64.5 Å². The van der Waals surface area contributed by atoms with Gasteiger partial charge in [0.1, 0.15) is 0 Å². The molecule has 0 aliphatic rings. The smallest absolute Gasteiger partial charge is 0.0868 e. The van der Waals surface area contributed by atoms with Gasteiger partial charge in [-0.2, -0.15) is 0 Å². The van der Waals surface area contributed by atoms with Crippen molar-refractivity contribution in [3.8, 4) is 0 Å². The maximum atomic E-state index is 12.7. The summed E-state index contributed by atoms with van der Waals surface area (Å²) in [5.41, 5.74) is 3.14. The zero-order valence-electron chi connectivity index (χ0n) is 11.5. The highest BCUT2D eigenvalue weighted by Gasteiger charge is 2.12. The Morgan fingerprint density at radius 2 is 1.65 bits per heavy atom. The van der Waals surface area contributed by atoms with E-state index in [1.54, 1.807) is 6.20 Å². The monoisotopic (exact) mass is 281 g/mol. The van der Waals surface area contributed by atoms with Gasteiger partial charge in [0, 0.05) is 16.5 Å². The molecule has 0 aliphatic heterocycles. The first kappa shape index (κ1) is 13.0. The Bertz CT molecular complexity index is 794. The second-order valence-corrected chi connectivity index (χ2v) is 6.30. The van der Waals surface area contributed by atoms with Gasteiger partial charge in [-0.1, -0.05) is 35.9 Å². The quantitative estimate of drug-likeness (QED) is 0.710. The summed E-state index contributed by atoms with van der Waals surface area (Å²) in [5, 5.41) is 1.06. The minimum atomic E-state index is -1.19. The fraction of sp³-hybridized carbons (Fsp3) is 0.118. The van der Waals surface area contributed by atoms with Crippen LogP contribution in [0.25, 0.3) is 10.9 Å². The summed E-state index contributed by atoms with van der Waals surface area (Å²) in [5.74, 6) is 0. The molecule has 0 bridgehead atoms. The highest BCUT2D eigenvalue weighted by atomic mass is 32.2. The number of fused-ring (bicyclic) bond motifs is 1. The largest absolute Gasteiger partial charge is 0.255 e. The first-order valence-electron chi connectivity index (χ1n) is 6.49. The molecule has 0 fully saturated rings. The fourth-order valence-corrected chi connectivity index (χ4v) is 3.41. The number of para-hydroxylation sites is 1. The van der Waals surface area contributed by atoms with E-state index in [-0.39, 0.29) is 0 Å². The SMILES string of the molecule is Cc1ccc([S@](=O)c2cnc3ccccc3c2C)cc1. The Kier molecular flexibility index (Phi) is 3.36. The van der Waals surface area contributed by atoms with E-state index in [1.165, 1.54) is 5.56 Å². The number of aromatic nitrogens is 1. The molecule has 3 rings (SSSR count). The third kappa shape index (κ3) is 2.25. The molecule has 2 nitrogen and oxygen atoms in total. The minimum Gasteiger partial charge on any atom is -0.255 e. The van der Waals surface area contributed by atoms with E-state index in [1.807, 2.05) is 62.4 Å². The molecule has 3 heteroatoms. The summed E-state index contributed by atoms with van der Waals surface area (Å²) < 4.78 is 12.7. The molecular formula is C17H15NOS. The van der Waals surface area contributed by atoms with Crippen LogP contribution in [0.5, 0.6) is 0 Å². The Labute approximate surface area is 120 Å². The lowest BCUT2D eigenvalue weighted by Gasteiger charge is -2.08. The van der Waals surface area contributed by atoms with Gasteiger partial charge in [-0.3, -0.25) is 4.98 Å². The van der Waals surface area contributed by atoms with Gasteiger partial charge >= 0.3 is 0 Å². The summed E-state index contributed by atoms with van der Waals surface area (Å²) in [6.45, 7) is 4.03. The molecule has 1 heterocycles. The summed E-state index contributed by atoms with van der Waals surface area (Å²) >= 11 is 0. The number of aryl methyl sites for hydroxylation is 2. The zero-order chi connectivity index (χ0) is 14.1. The van der Waals surface area contributed by atoms with Crippen LogP contribution in [-0.2, 0) is 10.8 Å². The Morgan fingerprint density at radius 3 is 2.40 bits per heavy atom. The molecule has 0 saturated carbocycles. The van der Waals surface area contributed by atoms with E-state index >= 15 is 0 Å². The minimum absolute atomic E-state index is 0.785. The summed E-state index contributed by atoms with van der Waals surface area (Å²) in [4.78, 5) is 6.01. The van der Waals surface area contributed by atoms with Crippen LogP contribution in [0, 0.1) is 13.8 Å². The molecule has 3 aromatic rings. The van der Waals surface area contributed by atoms with Crippen molar-refractivity contribution in [1.82, 2.24) is 4.98 Å². The third-order valence-corrected chi connectivity index (χ3v) is 4.94. The molecule has 0 N–H and O–H groups in total. The standard InChI is InChI=1S/C17H15NOS/c1-12-7-9-14(10-8-12)20(19)17-11-18-16-6-4-3-5-15(16)13(17)2/h3-11H,1-2H3/t20-/m0/s1. The van der Waals surface area contributed by atoms with Gasteiger partial charge in [0.25, 0.3) is 0 Å². The number of hydrogen-bond donors (Lipinski definition) is 0. The molecule has 0 unspecified atom stereocenters. The number of benzene rings is 2. The van der Waals surface area contributed by atoms with E-state index in [9.17, 15) is 4.21 Å². The van der Waals surface area contributed by atoms with E-state index in [2.05, 4.69) is 4.98 Å². The van der Waals surface area contributed by atoms with E-state index in [4.69, 9.17) is 0 Å². The number of nitrogens with zero attached hydrogens (tertiary/aromatic N) is 1. The highest BCUT2D eigenvalue weighted by Crippen LogP contribution is 2.25. The maximum Gasteiger partial charge on any atom is 0.0868 e. The molecule has 1 atom stereocenters. The Balaban J connectivity index is 2.12. The van der Waals surface area contributed by atoms with Crippen molar-refractivity contribution in [2.24, 2.45) is 0 Å². The van der Waals surface area contributed by atoms with E-state index in [0.717, 1.165) is 26.3 Å². The topological polar surface area (TPSA) is 30.0 Å². The third-order valence-electron chi connectivity index (χ3n) is 3.43. The number of rotatable bonds is 2. The van der Waals surface area contributed by atoms with Gasteiger partial charge in [0.05, 0.1) is 21.2 Å². The number of hydrogen-bond acceptors (Lipinski definition) is 2. The second-order valence-electron chi connectivity index (χ2n) is 4.85. The summed E-state index contributed by atoms with van der Waals surface area (Å²) in [6, 6.07) is 15.7. The lowest BCUT2D eigenvalue weighted by molar-refractivity contribution is 0.682. The van der Waals surface area contributed by atoms with Crippen LogP contribution in [0.1, 0.15) is 11.1 Å². The molecular weight excluding hydrogens is 266 g/mol. The van der Waals surface area contributed by atoms with Crippen molar-refractivity contribution in [2.75, 3.05) is 0 Å². The van der Waals surface area contributed by atoms with Crippen LogP contribution in [0.3, 0.4) is 0 Å². The predicted octanol–water partition coefficient (Wildman–Crippen LogP) is 4.02. The van der Waals surface area contributed by atoms with Gasteiger partial charge in [0.2, 0.25) is 0 Å². The van der Waals surface area contributed by atoms with Crippen molar-refractivity contribution in [2.45, 2.75) is 23.6 Å². The van der Waals surface area contributed by atoms with Crippen LogP contribution < -0.4 is 0 Å². The zero-order valence-corrected chi connectivity index (χ0v) is 12.3. The van der Waals surface area contributed by atoms with Crippen molar-refractivity contribution in [1.29, 1.82) is 0 Å². The average molecular weight is 281 g/mol. The molecule has 0 spiro atoms. The van der Waals surface area contributed by atoms with Gasteiger partial charge in [-0.15, -0.1) is 0 Å². The molecule has 0 amide bonds. The van der Waals surface area contributed by atoms with Crippen molar-refractivity contribution >= 4 is 21.7 Å². The molecule has 1 aromatic heterocycles. The van der Waals surface area contributed by atoms with Gasteiger partial charge < -0.3 is 0 Å².